The molecule has 1 aromatic heterocycles. The average Bonchev–Trinajstić information content (AvgIpc) is 2.44. The molecule has 4 nitrogen and oxygen atoms in total. The van der Waals surface area contributed by atoms with E-state index in [1.165, 1.54) is 19.3 Å². The summed E-state index contributed by atoms with van der Waals surface area (Å²) < 4.78 is 5.62. The number of carbonyl (C=O) groups excluding carboxylic acids is 1. The van der Waals surface area contributed by atoms with Crippen LogP contribution >= 0.6 is 0 Å². The molecule has 0 aliphatic heterocycles. The highest BCUT2D eigenvalue weighted by Gasteiger charge is 2.14. The summed E-state index contributed by atoms with van der Waals surface area (Å²) in [7, 11) is 0. The van der Waals surface area contributed by atoms with Gasteiger partial charge >= 0.3 is 0 Å². The molecular formula is C15H22N2O2. The topological polar surface area (TPSA) is 51.2 Å². The number of nitrogens with zero attached hydrogens (tertiary/aromatic N) is 1. The van der Waals surface area contributed by atoms with Gasteiger partial charge in [0.25, 0.3) is 0 Å². The van der Waals surface area contributed by atoms with Crippen LogP contribution in [-0.2, 0) is 16.1 Å². The van der Waals surface area contributed by atoms with Gasteiger partial charge in [-0.2, -0.15) is 0 Å². The molecule has 1 aliphatic carbocycles. The Labute approximate surface area is 114 Å². The van der Waals surface area contributed by atoms with Gasteiger partial charge in [-0.05, 0) is 31.9 Å². The van der Waals surface area contributed by atoms with Crippen molar-refractivity contribution in [1.82, 2.24) is 10.3 Å². The maximum Gasteiger partial charge on any atom is 0.246 e. The van der Waals surface area contributed by atoms with Gasteiger partial charge in [-0.1, -0.05) is 25.3 Å². The van der Waals surface area contributed by atoms with E-state index in [-0.39, 0.29) is 18.6 Å². The van der Waals surface area contributed by atoms with E-state index in [9.17, 15) is 4.79 Å². The van der Waals surface area contributed by atoms with E-state index in [2.05, 4.69) is 10.3 Å². The zero-order chi connectivity index (χ0) is 13.5. The maximum atomic E-state index is 11.7. The van der Waals surface area contributed by atoms with Crippen molar-refractivity contribution in [2.45, 2.75) is 51.7 Å². The van der Waals surface area contributed by atoms with Crippen LogP contribution in [0, 0.1) is 6.92 Å². The fraction of sp³-hybridized carbons (Fsp3) is 0.600. The number of nitrogens with one attached hydrogen (secondary N) is 1. The van der Waals surface area contributed by atoms with Crippen molar-refractivity contribution >= 4 is 5.91 Å². The van der Waals surface area contributed by atoms with Gasteiger partial charge in [-0.15, -0.1) is 0 Å². The summed E-state index contributed by atoms with van der Waals surface area (Å²) in [4.78, 5) is 16.0. The number of aryl methyl sites for hydroxylation is 1. The van der Waals surface area contributed by atoms with Gasteiger partial charge in [0.2, 0.25) is 5.91 Å². The standard InChI is InChI=1S/C15H22N2O2/c1-12-6-5-7-13(17-12)10-16-15(18)11-19-14-8-3-2-4-9-14/h5-7,14H,2-4,8-11H2,1H3,(H,16,18). The van der Waals surface area contributed by atoms with Gasteiger partial charge in [0.15, 0.2) is 0 Å². The fourth-order valence-corrected chi connectivity index (χ4v) is 2.36. The van der Waals surface area contributed by atoms with Gasteiger partial charge in [-0.25, -0.2) is 0 Å². The third-order valence-corrected chi connectivity index (χ3v) is 3.42. The monoisotopic (exact) mass is 262 g/mol. The zero-order valence-corrected chi connectivity index (χ0v) is 11.5. The molecule has 1 fully saturated rings. The SMILES string of the molecule is Cc1cccc(CNC(=O)COC2CCCCC2)n1. The summed E-state index contributed by atoms with van der Waals surface area (Å²) in [6.45, 7) is 2.57. The second kappa shape index (κ2) is 7.24. The Bertz CT molecular complexity index is 414. The minimum atomic E-state index is -0.0612. The Morgan fingerprint density at radius 2 is 2.16 bits per heavy atom. The number of aromatic nitrogens is 1. The van der Waals surface area contributed by atoms with Crippen molar-refractivity contribution in [3.63, 3.8) is 0 Å². The van der Waals surface area contributed by atoms with Crippen molar-refractivity contribution in [3.05, 3.63) is 29.6 Å². The van der Waals surface area contributed by atoms with E-state index < -0.39 is 0 Å². The van der Waals surface area contributed by atoms with E-state index in [1.807, 2.05) is 25.1 Å². The summed E-state index contributed by atoms with van der Waals surface area (Å²) in [5.74, 6) is -0.0612. The largest absolute Gasteiger partial charge is 0.368 e. The summed E-state index contributed by atoms with van der Waals surface area (Å²) >= 11 is 0. The quantitative estimate of drug-likeness (QED) is 0.886. The highest BCUT2D eigenvalue weighted by atomic mass is 16.5. The van der Waals surface area contributed by atoms with Crippen LogP contribution in [-0.4, -0.2) is 23.6 Å². The van der Waals surface area contributed by atoms with Gasteiger partial charge < -0.3 is 10.1 Å². The number of hydrogen-bond acceptors (Lipinski definition) is 3. The lowest BCUT2D eigenvalue weighted by Gasteiger charge is -2.21. The van der Waals surface area contributed by atoms with Crippen LogP contribution < -0.4 is 5.32 Å². The summed E-state index contributed by atoms with van der Waals surface area (Å²) in [5, 5.41) is 2.84. The lowest BCUT2D eigenvalue weighted by Crippen LogP contribution is -2.30. The van der Waals surface area contributed by atoms with Crippen molar-refractivity contribution in [2.24, 2.45) is 0 Å². The Morgan fingerprint density at radius 1 is 1.37 bits per heavy atom. The van der Waals surface area contributed by atoms with Crippen LogP contribution in [0.4, 0.5) is 0 Å². The van der Waals surface area contributed by atoms with Crippen molar-refractivity contribution in [2.75, 3.05) is 6.61 Å². The summed E-state index contributed by atoms with van der Waals surface area (Å²) in [6.07, 6.45) is 6.19. The van der Waals surface area contributed by atoms with Crippen LogP contribution in [0.3, 0.4) is 0 Å². The molecule has 0 unspecified atom stereocenters. The predicted molar refractivity (Wildman–Crippen MR) is 73.6 cm³/mol. The first kappa shape index (κ1) is 14.0. The van der Waals surface area contributed by atoms with Gasteiger partial charge in [0.1, 0.15) is 6.61 Å². The number of pyridine rings is 1. The number of rotatable bonds is 5. The third kappa shape index (κ3) is 4.99. The van der Waals surface area contributed by atoms with E-state index in [0.29, 0.717) is 6.54 Å². The van der Waals surface area contributed by atoms with Crippen LogP contribution in [0.25, 0.3) is 0 Å². The molecule has 0 aromatic carbocycles. The Morgan fingerprint density at radius 3 is 2.89 bits per heavy atom. The third-order valence-electron chi connectivity index (χ3n) is 3.42. The number of amides is 1. The minimum Gasteiger partial charge on any atom is -0.368 e. The number of hydrogen-bond donors (Lipinski definition) is 1. The fourth-order valence-electron chi connectivity index (χ4n) is 2.36. The first-order valence-electron chi connectivity index (χ1n) is 7.05. The van der Waals surface area contributed by atoms with Crippen LogP contribution in [0.1, 0.15) is 43.5 Å². The lowest BCUT2D eigenvalue weighted by atomic mass is 9.98. The Balaban J connectivity index is 1.66. The summed E-state index contributed by atoms with van der Waals surface area (Å²) in [6, 6.07) is 5.80. The number of ether oxygens (including phenoxy) is 1. The molecule has 2 rings (SSSR count). The molecule has 1 aliphatic rings. The molecule has 0 atom stereocenters. The highest BCUT2D eigenvalue weighted by molar-refractivity contribution is 5.77. The van der Waals surface area contributed by atoms with Crippen LogP contribution in [0.2, 0.25) is 0 Å². The lowest BCUT2D eigenvalue weighted by molar-refractivity contribution is -0.128. The molecule has 0 radical (unpaired) electrons. The molecule has 4 heteroatoms. The smallest absolute Gasteiger partial charge is 0.246 e. The van der Waals surface area contributed by atoms with Crippen molar-refractivity contribution in [1.29, 1.82) is 0 Å². The van der Waals surface area contributed by atoms with Crippen molar-refractivity contribution < 1.29 is 9.53 Å². The molecule has 1 aromatic rings. The predicted octanol–water partition coefficient (Wildman–Crippen LogP) is 2.36. The molecular weight excluding hydrogens is 240 g/mol. The Hall–Kier alpha value is -1.42. The first-order valence-corrected chi connectivity index (χ1v) is 7.05. The van der Waals surface area contributed by atoms with E-state index in [0.717, 1.165) is 24.2 Å². The van der Waals surface area contributed by atoms with E-state index >= 15 is 0 Å². The van der Waals surface area contributed by atoms with Crippen molar-refractivity contribution in [3.8, 4) is 0 Å². The molecule has 0 saturated heterocycles. The molecule has 19 heavy (non-hydrogen) atoms. The molecule has 1 saturated carbocycles. The second-order valence-electron chi connectivity index (χ2n) is 5.12. The normalized spacial score (nSPS) is 16.3. The van der Waals surface area contributed by atoms with Crippen LogP contribution in [0.15, 0.2) is 18.2 Å². The minimum absolute atomic E-state index is 0.0612. The van der Waals surface area contributed by atoms with E-state index in [4.69, 9.17) is 4.74 Å². The van der Waals surface area contributed by atoms with Crippen LogP contribution in [0.5, 0.6) is 0 Å². The molecule has 0 spiro atoms. The molecule has 0 bridgehead atoms. The Kier molecular flexibility index (Phi) is 5.33. The molecule has 1 N–H and O–H groups in total. The zero-order valence-electron chi connectivity index (χ0n) is 11.5. The molecule has 1 amide bonds. The molecule has 104 valence electrons. The summed E-state index contributed by atoms with van der Waals surface area (Å²) in [5.41, 5.74) is 1.84. The number of carbonyl (C=O) groups is 1. The maximum absolute atomic E-state index is 11.7. The highest BCUT2D eigenvalue weighted by Crippen LogP contribution is 2.19. The van der Waals surface area contributed by atoms with Gasteiger partial charge in [-0.3, -0.25) is 9.78 Å². The second-order valence-corrected chi connectivity index (χ2v) is 5.12. The van der Waals surface area contributed by atoms with E-state index in [1.54, 1.807) is 0 Å². The molecule has 1 heterocycles. The average molecular weight is 262 g/mol. The van der Waals surface area contributed by atoms with Gasteiger partial charge in [0, 0.05) is 5.69 Å². The first-order chi connectivity index (χ1) is 9.24. The van der Waals surface area contributed by atoms with Gasteiger partial charge in [0.05, 0.1) is 18.3 Å².